The molecule has 1 unspecified atom stereocenters. The summed E-state index contributed by atoms with van der Waals surface area (Å²) in [5.41, 5.74) is 0. The summed E-state index contributed by atoms with van der Waals surface area (Å²) in [4.78, 5) is 13.8. The largest absolute Gasteiger partial charge is 0.298 e. The summed E-state index contributed by atoms with van der Waals surface area (Å²) in [6, 6.07) is 2.32. The van der Waals surface area contributed by atoms with Gasteiger partial charge in [-0.1, -0.05) is 12.8 Å². The van der Waals surface area contributed by atoms with E-state index in [2.05, 4.69) is 6.07 Å². The zero-order valence-electron chi connectivity index (χ0n) is 9.70. The maximum atomic E-state index is 11.8. The molecular weight excluding hydrogens is 188 g/mol. The van der Waals surface area contributed by atoms with E-state index in [-0.39, 0.29) is 6.04 Å². The van der Waals surface area contributed by atoms with E-state index in [9.17, 15) is 4.79 Å². The first-order valence-electron chi connectivity index (χ1n) is 5.75. The minimum absolute atomic E-state index is 0.181. The number of rotatable bonds is 5. The van der Waals surface area contributed by atoms with Crippen LogP contribution in [0.25, 0.3) is 0 Å². The van der Waals surface area contributed by atoms with Crippen molar-refractivity contribution >= 4 is 5.78 Å². The Bertz CT molecular complexity index is 251. The topological polar surface area (TPSA) is 44.1 Å². The first-order valence-corrected chi connectivity index (χ1v) is 5.75. The van der Waals surface area contributed by atoms with Crippen molar-refractivity contribution in [2.24, 2.45) is 5.92 Å². The Kier molecular flexibility index (Phi) is 4.77. The van der Waals surface area contributed by atoms with Crippen molar-refractivity contribution in [2.75, 3.05) is 13.6 Å². The Balaban J connectivity index is 2.33. The number of likely N-dealkylation sites (N-methyl/N-ethyl adjacent to an activating group) is 1. The van der Waals surface area contributed by atoms with Gasteiger partial charge in [0.1, 0.15) is 5.78 Å². The number of ketones is 1. The molecule has 0 aromatic heterocycles. The van der Waals surface area contributed by atoms with Crippen LogP contribution < -0.4 is 0 Å². The van der Waals surface area contributed by atoms with E-state index < -0.39 is 0 Å². The Morgan fingerprint density at radius 1 is 1.53 bits per heavy atom. The highest BCUT2D eigenvalue weighted by molar-refractivity contribution is 5.83. The third-order valence-corrected chi connectivity index (χ3v) is 3.35. The molecule has 1 fully saturated rings. The molecule has 0 aromatic rings. The van der Waals surface area contributed by atoms with Gasteiger partial charge in [0.2, 0.25) is 0 Å². The molecule has 1 saturated carbocycles. The third-order valence-electron chi connectivity index (χ3n) is 3.35. The number of hydrogen-bond donors (Lipinski definition) is 0. The molecule has 1 aliphatic carbocycles. The normalized spacial score (nSPS) is 19.1. The lowest BCUT2D eigenvalue weighted by Gasteiger charge is -2.23. The fourth-order valence-corrected chi connectivity index (χ4v) is 2.07. The van der Waals surface area contributed by atoms with Crippen LogP contribution in [0, 0.1) is 17.2 Å². The fraction of sp³-hybridized carbons (Fsp3) is 0.833. The highest BCUT2D eigenvalue weighted by Crippen LogP contribution is 2.25. The molecule has 0 N–H and O–H groups in total. The van der Waals surface area contributed by atoms with Crippen LogP contribution in [0.4, 0.5) is 0 Å². The zero-order valence-corrected chi connectivity index (χ0v) is 9.70. The molecule has 0 aromatic carbocycles. The molecule has 0 bridgehead atoms. The zero-order chi connectivity index (χ0) is 11.3. The van der Waals surface area contributed by atoms with Crippen LogP contribution >= 0.6 is 0 Å². The van der Waals surface area contributed by atoms with Gasteiger partial charge in [0.05, 0.1) is 19.0 Å². The smallest absolute Gasteiger partial charge is 0.149 e. The second-order valence-corrected chi connectivity index (χ2v) is 4.57. The number of nitrogens with zero attached hydrogens (tertiary/aromatic N) is 2. The van der Waals surface area contributed by atoms with E-state index >= 15 is 0 Å². The second kappa shape index (κ2) is 5.87. The quantitative estimate of drug-likeness (QED) is 0.694. The van der Waals surface area contributed by atoms with Crippen LogP contribution in [-0.2, 0) is 4.79 Å². The molecule has 0 saturated heterocycles. The van der Waals surface area contributed by atoms with E-state index in [0.717, 1.165) is 12.8 Å². The molecule has 1 rings (SSSR count). The number of hydrogen-bond acceptors (Lipinski definition) is 3. The van der Waals surface area contributed by atoms with Gasteiger partial charge < -0.3 is 0 Å². The third kappa shape index (κ3) is 3.64. The van der Waals surface area contributed by atoms with Crippen molar-refractivity contribution in [2.45, 2.75) is 45.1 Å². The molecule has 1 aliphatic rings. The van der Waals surface area contributed by atoms with Gasteiger partial charge in [0.25, 0.3) is 0 Å². The van der Waals surface area contributed by atoms with Crippen LogP contribution in [0.5, 0.6) is 0 Å². The van der Waals surface area contributed by atoms with E-state index in [1.807, 2.05) is 18.9 Å². The second-order valence-electron chi connectivity index (χ2n) is 4.57. The molecule has 3 heteroatoms. The van der Waals surface area contributed by atoms with Gasteiger partial charge in [-0.05, 0) is 26.8 Å². The van der Waals surface area contributed by atoms with Crippen LogP contribution in [0.2, 0.25) is 0 Å². The summed E-state index contributed by atoms with van der Waals surface area (Å²) in [6.07, 6.45) is 5.04. The predicted molar refractivity (Wildman–Crippen MR) is 59.3 cm³/mol. The summed E-state index contributed by atoms with van der Waals surface area (Å²) in [6.45, 7) is 2.50. The molecule has 3 nitrogen and oxygen atoms in total. The van der Waals surface area contributed by atoms with Crippen molar-refractivity contribution in [3.8, 4) is 6.07 Å². The number of nitriles is 1. The van der Waals surface area contributed by atoms with E-state index in [4.69, 9.17) is 5.26 Å². The monoisotopic (exact) mass is 208 g/mol. The summed E-state index contributed by atoms with van der Waals surface area (Å²) >= 11 is 0. The van der Waals surface area contributed by atoms with Gasteiger partial charge in [0.15, 0.2) is 0 Å². The summed E-state index contributed by atoms with van der Waals surface area (Å²) in [5, 5.41) is 8.57. The van der Waals surface area contributed by atoms with Crippen LogP contribution in [0.3, 0.4) is 0 Å². The fourth-order valence-electron chi connectivity index (χ4n) is 2.07. The average Bonchev–Trinajstić information content (AvgIpc) is 2.70. The molecule has 0 amide bonds. The van der Waals surface area contributed by atoms with E-state index in [1.165, 1.54) is 12.8 Å². The Morgan fingerprint density at radius 3 is 2.67 bits per heavy atom. The Hall–Kier alpha value is -0.880. The van der Waals surface area contributed by atoms with Crippen molar-refractivity contribution < 1.29 is 4.79 Å². The highest BCUT2D eigenvalue weighted by atomic mass is 16.1. The lowest BCUT2D eigenvalue weighted by molar-refractivity contribution is -0.123. The van der Waals surface area contributed by atoms with Gasteiger partial charge in [-0.2, -0.15) is 5.26 Å². The predicted octanol–water partition coefficient (Wildman–Crippen LogP) is 1.98. The summed E-state index contributed by atoms with van der Waals surface area (Å²) in [7, 11) is 1.93. The Morgan fingerprint density at radius 2 is 2.13 bits per heavy atom. The number of carbonyl (C=O) groups is 1. The minimum Gasteiger partial charge on any atom is -0.298 e. The van der Waals surface area contributed by atoms with Crippen LogP contribution in [-0.4, -0.2) is 30.3 Å². The first-order chi connectivity index (χ1) is 7.15. The van der Waals surface area contributed by atoms with Gasteiger partial charge in [0, 0.05) is 12.0 Å². The molecular formula is C12H20N2O. The molecule has 1 atom stereocenters. The molecule has 0 heterocycles. The van der Waals surface area contributed by atoms with Crippen molar-refractivity contribution in [3.63, 3.8) is 0 Å². The molecule has 0 aliphatic heterocycles. The molecule has 0 spiro atoms. The highest BCUT2D eigenvalue weighted by Gasteiger charge is 2.24. The van der Waals surface area contributed by atoms with E-state index in [1.54, 1.807) is 0 Å². The van der Waals surface area contributed by atoms with Gasteiger partial charge in [-0.3, -0.25) is 9.69 Å². The lowest BCUT2D eigenvalue weighted by Crippen LogP contribution is -2.35. The summed E-state index contributed by atoms with van der Waals surface area (Å²) in [5.74, 6) is 0.654. The van der Waals surface area contributed by atoms with Gasteiger partial charge in [-0.25, -0.2) is 0 Å². The Labute approximate surface area is 92.1 Å². The molecule has 0 radical (unpaired) electrons. The van der Waals surface area contributed by atoms with Gasteiger partial charge >= 0.3 is 0 Å². The standard InChI is InChI=1S/C12H20N2O/c1-10(7-8-13)14(2)9-12(15)11-5-3-4-6-11/h10-11H,3-7,9H2,1-2H3. The SMILES string of the molecule is CC(CC#N)N(C)CC(=O)C1CCCC1. The minimum atomic E-state index is 0.181. The number of carbonyl (C=O) groups excluding carboxylic acids is 1. The lowest BCUT2D eigenvalue weighted by atomic mass is 10.0. The van der Waals surface area contributed by atoms with Gasteiger partial charge in [-0.15, -0.1) is 0 Å². The van der Waals surface area contributed by atoms with E-state index in [0.29, 0.717) is 24.7 Å². The van der Waals surface area contributed by atoms with Crippen molar-refractivity contribution in [1.82, 2.24) is 4.90 Å². The van der Waals surface area contributed by atoms with Crippen LogP contribution in [0.15, 0.2) is 0 Å². The summed E-state index contributed by atoms with van der Waals surface area (Å²) < 4.78 is 0. The number of Topliss-reactive ketones (excluding diaryl/α,β-unsaturated/α-hetero) is 1. The average molecular weight is 208 g/mol. The maximum absolute atomic E-state index is 11.8. The molecule has 84 valence electrons. The van der Waals surface area contributed by atoms with Crippen molar-refractivity contribution in [3.05, 3.63) is 0 Å². The van der Waals surface area contributed by atoms with Crippen LogP contribution in [0.1, 0.15) is 39.0 Å². The first kappa shape index (κ1) is 12.2. The molecule has 15 heavy (non-hydrogen) atoms. The van der Waals surface area contributed by atoms with Crippen molar-refractivity contribution in [1.29, 1.82) is 5.26 Å². The maximum Gasteiger partial charge on any atom is 0.149 e.